The molecule has 7 heteroatoms. The number of fused-ring (bicyclic) bond motifs is 2. The smallest absolute Gasteiger partial charge is 0.411 e. The average Bonchev–Trinajstić information content (AvgIpc) is 3.00. The number of esters is 2. The van der Waals surface area contributed by atoms with Gasteiger partial charge in [-0.25, -0.2) is 14.4 Å². The lowest BCUT2D eigenvalue weighted by atomic mass is 9.97. The molecule has 0 radical (unpaired) electrons. The van der Waals surface area contributed by atoms with Crippen LogP contribution in [-0.2, 0) is 23.8 Å². The Morgan fingerprint density at radius 1 is 0.895 bits per heavy atom. The molecule has 1 amide bonds. The summed E-state index contributed by atoms with van der Waals surface area (Å²) in [6.45, 7) is 0. The molecule has 7 nitrogen and oxygen atoms in total. The number of amides is 1. The Morgan fingerprint density at radius 3 is 1.63 bits per heavy atom. The summed E-state index contributed by atoms with van der Waals surface area (Å²) in [4.78, 5) is 36.6. The Labute approximate surface area is 109 Å². The molecule has 102 valence electrons. The molecule has 0 spiro atoms. The van der Waals surface area contributed by atoms with Crippen molar-refractivity contribution in [3.8, 4) is 0 Å². The SMILES string of the molecule is COC(=O)C1=C(C(=O)OC)[C@@H]2C=C[C@H]1N2C(=O)OC. The molecule has 0 aliphatic carbocycles. The highest BCUT2D eigenvalue weighted by Gasteiger charge is 2.51. The molecular weight excluding hydrogens is 254 g/mol. The lowest BCUT2D eigenvalue weighted by Gasteiger charge is -2.21. The van der Waals surface area contributed by atoms with E-state index in [0.717, 1.165) is 0 Å². The maximum atomic E-state index is 11.8. The minimum Gasteiger partial charge on any atom is -0.466 e. The van der Waals surface area contributed by atoms with Crippen molar-refractivity contribution < 1.29 is 28.6 Å². The molecule has 2 atom stereocenters. The number of hydrogen-bond acceptors (Lipinski definition) is 6. The predicted molar refractivity (Wildman–Crippen MR) is 62.0 cm³/mol. The molecule has 0 saturated heterocycles. The van der Waals surface area contributed by atoms with Gasteiger partial charge in [0.15, 0.2) is 0 Å². The zero-order valence-corrected chi connectivity index (χ0v) is 10.7. The van der Waals surface area contributed by atoms with Crippen molar-refractivity contribution in [2.75, 3.05) is 21.3 Å². The van der Waals surface area contributed by atoms with E-state index in [0.29, 0.717) is 0 Å². The van der Waals surface area contributed by atoms with Gasteiger partial charge >= 0.3 is 18.0 Å². The van der Waals surface area contributed by atoms with Crippen molar-refractivity contribution in [1.29, 1.82) is 0 Å². The van der Waals surface area contributed by atoms with Crippen molar-refractivity contribution in [2.24, 2.45) is 0 Å². The molecule has 2 rings (SSSR count). The first-order valence-electron chi connectivity index (χ1n) is 5.52. The van der Waals surface area contributed by atoms with Crippen LogP contribution in [-0.4, -0.2) is 56.3 Å². The Bertz CT molecular complexity index is 470. The predicted octanol–water partition coefficient (Wildman–Crippen LogP) is 0.0180. The van der Waals surface area contributed by atoms with Gasteiger partial charge in [-0.2, -0.15) is 0 Å². The number of rotatable bonds is 2. The van der Waals surface area contributed by atoms with Crippen molar-refractivity contribution in [2.45, 2.75) is 12.1 Å². The van der Waals surface area contributed by atoms with Gasteiger partial charge in [-0.1, -0.05) is 12.2 Å². The summed E-state index contributed by atoms with van der Waals surface area (Å²) in [6, 6.07) is -1.31. The first kappa shape index (κ1) is 13.1. The summed E-state index contributed by atoms with van der Waals surface area (Å²) in [5.74, 6) is -1.32. The lowest BCUT2D eigenvalue weighted by molar-refractivity contribution is -0.139. The van der Waals surface area contributed by atoms with E-state index in [-0.39, 0.29) is 11.1 Å². The lowest BCUT2D eigenvalue weighted by Crippen LogP contribution is -2.39. The second kappa shape index (κ2) is 4.75. The fourth-order valence-corrected chi connectivity index (χ4v) is 2.37. The third-order valence-electron chi connectivity index (χ3n) is 3.15. The van der Waals surface area contributed by atoms with Crippen LogP contribution in [0.4, 0.5) is 4.79 Å². The average molecular weight is 267 g/mol. The molecule has 0 aromatic heterocycles. The van der Waals surface area contributed by atoms with Crippen molar-refractivity contribution in [3.05, 3.63) is 23.3 Å². The highest BCUT2D eigenvalue weighted by Crippen LogP contribution is 2.38. The summed E-state index contributed by atoms with van der Waals surface area (Å²) in [5.41, 5.74) is 0.236. The molecule has 0 aromatic rings. The van der Waals surface area contributed by atoms with E-state index >= 15 is 0 Å². The highest BCUT2D eigenvalue weighted by molar-refractivity contribution is 6.06. The molecular formula is C12H13NO6. The quantitative estimate of drug-likeness (QED) is 0.398. The van der Waals surface area contributed by atoms with E-state index in [1.165, 1.54) is 26.2 Å². The minimum atomic E-state index is -0.661. The Kier molecular flexibility index (Phi) is 3.28. The van der Waals surface area contributed by atoms with Crippen LogP contribution < -0.4 is 0 Å². The Morgan fingerprint density at radius 2 is 1.32 bits per heavy atom. The summed E-state index contributed by atoms with van der Waals surface area (Å²) in [6.07, 6.45) is 2.68. The topological polar surface area (TPSA) is 82.1 Å². The van der Waals surface area contributed by atoms with Gasteiger partial charge in [-0.3, -0.25) is 4.90 Å². The van der Waals surface area contributed by atoms with E-state index < -0.39 is 30.1 Å². The monoisotopic (exact) mass is 267 g/mol. The second-order valence-electron chi connectivity index (χ2n) is 3.96. The molecule has 0 unspecified atom stereocenters. The molecule has 0 fully saturated rings. The summed E-state index contributed by atoms with van der Waals surface area (Å²) in [7, 11) is 3.65. The molecule has 2 bridgehead atoms. The molecule has 2 heterocycles. The van der Waals surface area contributed by atoms with Crippen LogP contribution >= 0.6 is 0 Å². The van der Waals surface area contributed by atoms with Crippen LogP contribution in [0.5, 0.6) is 0 Å². The van der Waals surface area contributed by atoms with Gasteiger partial charge in [-0.05, 0) is 0 Å². The van der Waals surface area contributed by atoms with Crippen molar-refractivity contribution in [1.82, 2.24) is 4.90 Å². The van der Waals surface area contributed by atoms with E-state index in [2.05, 4.69) is 14.2 Å². The van der Waals surface area contributed by atoms with Gasteiger partial charge in [0.25, 0.3) is 0 Å². The zero-order valence-electron chi connectivity index (χ0n) is 10.7. The Balaban J connectivity index is 2.45. The van der Waals surface area contributed by atoms with E-state index in [1.54, 1.807) is 12.2 Å². The van der Waals surface area contributed by atoms with E-state index in [1.807, 2.05) is 0 Å². The number of carbonyl (C=O) groups is 3. The largest absolute Gasteiger partial charge is 0.466 e. The molecule has 2 aliphatic heterocycles. The third-order valence-corrected chi connectivity index (χ3v) is 3.15. The molecule has 0 aromatic carbocycles. The molecule has 2 aliphatic rings. The van der Waals surface area contributed by atoms with Gasteiger partial charge in [0.05, 0.1) is 44.6 Å². The first-order chi connectivity index (χ1) is 9.06. The van der Waals surface area contributed by atoms with Crippen molar-refractivity contribution in [3.63, 3.8) is 0 Å². The molecule has 0 saturated carbocycles. The number of nitrogens with zero attached hydrogens (tertiary/aromatic N) is 1. The molecule has 19 heavy (non-hydrogen) atoms. The van der Waals surface area contributed by atoms with Crippen LogP contribution in [0.2, 0.25) is 0 Å². The fourth-order valence-electron chi connectivity index (χ4n) is 2.37. The van der Waals surface area contributed by atoms with Gasteiger partial charge < -0.3 is 14.2 Å². The van der Waals surface area contributed by atoms with Gasteiger partial charge in [-0.15, -0.1) is 0 Å². The van der Waals surface area contributed by atoms with Crippen LogP contribution in [0.15, 0.2) is 23.3 Å². The maximum Gasteiger partial charge on any atom is 0.411 e. The summed E-state index contributed by atoms with van der Waals surface area (Å²) in [5, 5.41) is 0. The van der Waals surface area contributed by atoms with E-state index in [4.69, 9.17) is 0 Å². The van der Waals surface area contributed by atoms with Gasteiger partial charge in [0.2, 0.25) is 0 Å². The van der Waals surface area contributed by atoms with Crippen molar-refractivity contribution >= 4 is 18.0 Å². The summed E-state index contributed by atoms with van der Waals surface area (Å²) >= 11 is 0. The standard InChI is InChI=1S/C12H13NO6/c1-17-10(14)8-6-4-5-7(9(8)11(15)18-2)13(6)12(16)19-3/h4-7H,1-3H3/t6-,7+. The number of carbonyl (C=O) groups excluding carboxylic acids is 3. The van der Waals surface area contributed by atoms with Crippen LogP contribution in [0.25, 0.3) is 0 Å². The summed E-state index contributed by atoms with van der Waals surface area (Å²) < 4.78 is 14.0. The first-order valence-corrected chi connectivity index (χ1v) is 5.52. The normalized spacial score (nSPS) is 23.6. The second-order valence-corrected chi connectivity index (χ2v) is 3.96. The number of ether oxygens (including phenoxy) is 3. The van der Waals surface area contributed by atoms with Crippen LogP contribution in [0.1, 0.15) is 0 Å². The van der Waals surface area contributed by atoms with Gasteiger partial charge in [0.1, 0.15) is 0 Å². The number of hydrogen-bond donors (Lipinski definition) is 0. The van der Waals surface area contributed by atoms with Gasteiger partial charge in [0, 0.05) is 0 Å². The zero-order chi connectivity index (χ0) is 14.2. The number of methoxy groups -OCH3 is 3. The Hall–Kier alpha value is -2.31. The minimum absolute atomic E-state index is 0.118. The third kappa shape index (κ3) is 1.78. The molecule has 0 N–H and O–H groups in total. The van der Waals surface area contributed by atoms with Crippen LogP contribution in [0.3, 0.4) is 0 Å². The van der Waals surface area contributed by atoms with Crippen LogP contribution in [0, 0.1) is 0 Å². The van der Waals surface area contributed by atoms with E-state index in [9.17, 15) is 14.4 Å². The highest BCUT2D eigenvalue weighted by atomic mass is 16.5. The fraction of sp³-hybridized carbons (Fsp3) is 0.417. The maximum absolute atomic E-state index is 11.8.